The van der Waals surface area contributed by atoms with Crippen LogP contribution in [0.15, 0.2) is 18.3 Å². The number of aromatic nitrogens is 1. The Kier molecular flexibility index (Phi) is 4.37. The van der Waals surface area contributed by atoms with Crippen molar-refractivity contribution in [2.45, 2.75) is 18.9 Å². The first-order valence-corrected chi connectivity index (χ1v) is 6.57. The molecule has 19 heavy (non-hydrogen) atoms. The predicted octanol–water partition coefficient (Wildman–Crippen LogP) is 1.26. The third kappa shape index (κ3) is 3.23. The maximum absolute atomic E-state index is 12.4. The molecule has 0 aromatic carbocycles. The molecule has 1 aliphatic rings. The highest BCUT2D eigenvalue weighted by Crippen LogP contribution is 2.18. The van der Waals surface area contributed by atoms with Crippen molar-refractivity contribution >= 4 is 5.91 Å². The van der Waals surface area contributed by atoms with Gasteiger partial charge in [-0.2, -0.15) is 0 Å². The average Bonchev–Trinajstić information content (AvgIpc) is 2.46. The maximum atomic E-state index is 12.4. The van der Waals surface area contributed by atoms with Crippen LogP contribution >= 0.6 is 0 Å². The Morgan fingerprint density at radius 3 is 2.79 bits per heavy atom. The number of amides is 1. The summed E-state index contributed by atoms with van der Waals surface area (Å²) in [5, 5.41) is 0. The summed E-state index contributed by atoms with van der Waals surface area (Å²) in [6, 6.07) is 3.74. The standard InChI is InChI=1S/C14H21N3O2/c1-16-8-5-12(6-9-16)17(2)14(18)11-4-7-15-13(10-11)19-3/h4,7,10,12H,5-6,8-9H2,1-3H3. The Bertz CT molecular complexity index is 442. The molecular weight excluding hydrogens is 242 g/mol. The Morgan fingerprint density at radius 2 is 2.16 bits per heavy atom. The molecule has 1 saturated heterocycles. The number of methoxy groups -OCH3 is 1. The lowest BCUT2D eigenvalue weighted by atomic mass is 10.0. The first-order chi connectivity index (χ1) is 9.11. The van der Waals surface area contributed by atoms with Gasteiger partial charge in [-0.25, -0.2) is 4.98 Å². The molecule has 0 spiro atoms. The molecule has 1 amide bonds. The number of pyridine rings is 1. The highest BCUT2D eigenvalue weighted by Gasteiger charge is 2.24. The van der Waals surface area contributed by atoms with Gasteiger partial charge in [0, 0.05) is 30.9 Å². The molecular formula is C14H21N3O2. The zero-order chi connectivity index (χ0) is 13.8. The summed E-state index contributed by atoms with van der Waals surface area (Å²) in [7, 11) is 5.55. The summed E-state index contributed by atoms with van der Waals surface area (Å²) in [6.45, 7) is 2.09. The summed E-state index contributed by atoms with van der Waals surface area (Å²) < 4.78 is 5.06. The molecule has 104 valence electrons. The molecule has 1 aromatic rings. The third-order valence-corrected chi connectivity index (χ3v) is 3.75. The van der Waals surface area contributed by atoms with Gasteiger partial charge in [0.15, 0.2) is 0 Å². The van der Waals surface area contributed by atoms with Gasteiger partial charge in [-0.15, -0.1) is 0 Å². The molecule has 0 radical (unpaired) electrons. The molecule has 2 heterocycles. The van der Waals surface area contributed by atoms with Crippen molar-refractivity contribution in [3.8, 4) is 5.88 Å². The van der Waals surface area contributed by atoms with Crippen LogP contribution in [0.1, 0.15) is 23.2 Å². The van der Waals surface area contributed by atoms with E-state index in [1.165, 1.54) is 0 Å². The summed E-state index contributed by atoms with van der Waals surface area (Å²) in [6.07, 6.45) is 3.66. The van der Waals surface area contributed by atoms with E-state index in [0.29, 0.717) is 17.5 Å². The van der Waals surface area contributed by atoms with Crippen molar-refractivity contribution in [1.29, 1.82) is 0 Å². The molecule has 0 atom stereocenters. The molecule has 5 heteroatoms. The van der Waals surface area contributed by atoms with E-state index in [2.05, 4.69) is 16.9 Å². The van der Waals surface area contributed by atoms with Crippen molar-refractivity contribution in [1.82, 2.24) is 14.8 Å². The highest BCUT2D eigenvalue weighted by atomic mass is 16.5. The largest absolute Gasteiger partial charge is 0.481 e. The number of likely N-dealkylation sites (tertiary alicyclic amines) is 1. The van der Waals surface area contributed by atoms with Crippen molar-refractivity contribution in [3.63, 3.8) is 0 Å². The molecule has 1 aliphatic heterocycles. The van der Waals surface area contributed by atoms with Gasteiger partial charge < -0.3 is 14.5 Å². The van der Waals surface area contributed by atoms with Gasteiger partial charge in [0.1, 0.15) is 0 Å². The van der Waals surface area contributed by atoms with Crippen molar-refractivity contribution < 1.29 is 9.53 Å². The van der Waals surface area contributed by atoms with Crippen LogP contribution in [-0.2, 0) is 0 Å². The first-order valence-electron chi connectivity index (χ1n) is 6.57. The molecule has 0 bridgehead atoms. The minimum Gasteiger partial charge on any atom is -0.481 e. The van der Waals surface area contributed by atoms with Crippen LogP contribution in [0.2, 0.25) is 0 Å². The smallest absolute Gasteiger partial charge is 0.254 e. The number of nitrogens with zero attached hydrogens (tertiary/aromatic N) is 3. The van der Waals surface area contributed by atoms with E-state index in [4.69, 9.17) is 4.74 Å². The number of rotatable bonds is 3. The van der Waals surface area contributed by atoms with Crippen LogP contribution in [0.25, 0.3) is 0 Å². The van der Waals surface area contributed by atoms with E-state index in [9.17, 15) is 4.79 Å². The SMILES string of the molecule is COc1cc(C(=O)N(C)C2CCN(C)CC2)ccn1. The normalized spacial score (nSPS) is 17.2. The van der Waals surface area contributed by atoms with Gasteiger partial charge in [-0.3, -0.25) is 4.79 Å². The van der Waals surface area contributed by atoms with E-state index in [1.54, 1.807) is 25.4 Å². The van der Waals surface area contributed by atoms with Crippen LogP contribution < -0.4 is 4.74 Å². The Labute approximate surface area is 114 Å². The van der Waals surface area contributed by atoms with Gasteiger partial charge in [0.2, 0.25) is 5.88 Å². The Hall–Kier alpha value is -1.62. The molecule has 2 rings (SSSR count). The third-order valence-electron chi connectivity index (χ3n) is 3.75. The van der Waals surface area contributed by atoms with Gasteiger partial charge in [0.05, 0.1) is 7.11 Å². The summed E-state index contributed by atoms with van der Waals surface area (Å²) in [4.78, 5) is 20.6. The Morgan fingerprint density at radius 1 is 1.47 bits per heavy atom. The summed E-state index contributed by atoms with van der Waals surface area (Å²) >= 11 is 0. The zero-order valence-corrected chi connectivity index (χ0v) is 11.8. The minimum atomic E-state index is 0.0373. The number of piperidine rings is 1. The van der Waals surface area contributed by atoms with Crippen LogP contribution in [0.3, 0.4) is 0 Å². The molecule has 0 unspecified atom stereocenters. The molecule has 0 aliphatic carbocycles. The fraction of sp³-hybridized carbons (Fsp3) is 0.571. The lowest BCUT2D eigenvalue weighted by Crippen LogP contribution is -2.44. The zero-order valence-electron chi connectivity index (χ0n) is 11.8. The summed E-state index contributed by atoms with van der Waals surface area (Å²) in [5.74, 6) is 0.512. The lowest BCUT2D eigenvalue weighted by molar-refractivity contribution is 0.0659. The van der Waals surface area contributed by atoms with E-state index in [-0.39, 0.29) is 5.91 Å². The van der Waals surface area contributed by atoms with Crippen molar-refractivity contribution in [2.24, 2.45) is 0 Å². The fourth-order valence-electron chi connectivity index (χ4n) is 2.41. The first kappa shape index (κ1) is 13.8. The number of carbonyl (C=O) groups is 1. The number of hydrogen-bond acceptors (Lipinski definition) is 4. The second kappa shape index (κ2) is 6.02. The molecule has 0 N–H and O–H groups in total. The van der Waals surface area contributed by atoms with E-state index < -0.39 is 0 Å². The van der Waals surface area contributed by atoms with Crippen LogP contribution in [0, 0.1) is 0 Å². The number of carbonyl (C=O) groups excluding carboxylic acids is 1. The second-order valence-corrected chi connectivity index (χ2v) is 5.04. The quantitative estimate of drug-likeness (QED) is 0.823. The predicted molar refractivity (Wildman–Crippen MR) is 73.4 cm³/mol. The van der Waals surface area contributed by atoms with Gasteiger partial charge >= 0.3 is 0 Å². The molecule has 0 saturated carbocycles. The van der Waals surface area contributed by atoms with Gasteiger partial charge in [-0.1, -0.05) is 0 Å². The van der Waals surface area contributed by atoms with Gasteiger partial charge in [0.25, 0.3) is 5.91 Å². The molecule has 1 fully saturated rings. The minimum absolute atomic E-state index is 0.0373. The van der Waals surface area contributed by atoms with Crippen molar-refractivity contribution in [3.05, 3.63) is 23.9 Å². The number of ether oxygens (including phenoxy) is 1. The van der Waals surface area contributed by atoms with Crippen molar-refractivity contribution in [2.75, 3.05) is 34.3 Å². The van der Waals surface area contributed by atoms with Gasteiger partial charge in [-0.05, 0) is 39.0 Å². The molecule has 5 nitrogen and oxygen atoms in total. The second-order valence-electron chi connectivity index (χ2n) is 5.04. The Balaban J connectivity index is 2.05. The topological polar surface area (TPSA) is 45.7 Å². The summed E-state index contributed by atoms with van der Waals surface area (Å²) in [5.41, 5.74) is 0.633. The maximum Gasteiger partial charge on any atom is 0.254 e. The fourth-order valence-corrected chi connectivity index (χ4v) is 2.41. The monoisotopic (exact) mass is 263 g/mol. The lowest BCUT2D eigenvalue weighted by Gasteiger charge is -2.35. The highest BCUT2D eigenvalue weighted by molar-refractivity contribution is 5.94. The molecule has 1 aromatic heterocycles. The average molecular weight is 263 g/mol. The van der Waals surface area contributed by atoms with E-state index >= 15 is 0 Å². The van der Waals surface area contributed by atoms with Crippen LogP contribution in [0.5, 0.6) is 5.88 Å². The van der Waals surface area contributed by atoms with Crippen LogP contribution in [-0.4, -0.2) is 61.0 Å². The van der Waals surface area contributed by atoms with Crippen LogP contribution in [0.4, 0.5) is 0 Å². The van der Waals surface area contributed by atoms with E-state index in [0.717, 1.165) is 25.9 Å². The number of hydrogen-bond donors (Lipinski definition) is 0. The van der Waals surface area contributed by atoms with E-state index in [1.807, 2.05) is 11.9 Å².